The maximum absolute atomic E-state index is 12.5. The number of halogens is 3. The van der Waals surface area contributed by atoms with Crippen molar-refractivity contribution < 1.29 is 13.2 Å². The van der Waals surface area contributed by atoms with Crippen LogP contribution in [0, 0.1) is 0 Å². The molecule has 0 bridgehead atoms. The van der Waals surface area contributed by atoms with E-state index in [0.717, 1.165) is 11.1 Å². The van der Waals surface area contributed by atoms with Crippen molar-refractivity contribution in [1.29, 1.82) is 0 Å². The average Bonchev–Trinajstić information content (AvgIpc) is 2.57. The van der Waals surface area contributed by atoms with Gasteiger partial charge in [0.2, 0.25) is 0 Å². The maximum atomic E-state index is 12.5. The van der Waals surface area contributed by atoms with Crippen LogP contribution in [0.5, 0.6) is 0 Å². The van der Waals surface area contributed by atoms with Gasteiger partial charge < -0.3 is 0 Å². The molecule has 1 aromatic heterocycles. The van der Waals surface area contributed by atoms with Crippen LogP contribution < -0.4 is 0 Å². The van der Waals surface area contributed by atoms with E-state index in [1.165, 1.54) is 23.5 Å². The zero-order chi connectivity index (χ0) is 12.8. The van der Waals surface area contributed by atoms with E-state index in [1.54, 1.807) is 0 Å². The van der Waals surface area contributed by atoms with E-state index in [9.17, 15) is 13.2 Å². The SMILES string of the molecule is CC(C)(C)c1nc2ccc(C(F)(F)F)cc2s1. The molecule has 0 radical (unpaired) electrons. The summed E-state index contributed by atoms with van der Waals surface area (Å²) in [6, 6.07) is 3.68. The van der Waals surface area contributed by atoms with Crippen LogP contribution >= 0.6 is 11.3 Å². The Morgan fingerprint density at radius 2 is 1.76 bits per heavy atom. The third kappa shape index (κ3) is 2.44. The summed E-state index contributed by atoms with van der Waals surface area (Å²) in [6.07, 6.45) is -4.29. The Labute approximate surface area is 101 Å². The lowest BCUT2D eigenvalue weighted by Gasteiger charge is -2.13. The number of aromatic nitrogens is 1. The van der Waals surface area contributed by atoms with Crippen LogP contribution in [0.2, 0.25) is 0 Å². The summed E-state index contributed by atoms with van der Waals surface area (Å²) in [5.74, 6) is 0. The molecule has 1 heterocycles. The largest absolute Gasteiger partial charge is 0.416 e. The lowest BCUT2D eigenvalue weighted by molar-refractivity contribution is -0.137. The topological polar surface area (TPSA) is 12.9 Å². The monoisotopic (exact) mass is 259 g/mol. The van der Waals surface area contributed by atoms with E-state index < -0.39 is 11.7 Å². The van der Waals surface area contributed by atoms with Crippen molar-refractivity contribution in [3.05, 3.63) is 28.8 Å². The van der Waals surface area contributed by atoms with Crippen LogP contribution in [0.1, 0.15) is 31.3 Å². The van der Waals surface area contributed by atoms with E-state index in [2.05, 4.69) is 4.98 Å². The summed E-state index contributed by atoms with van der Waals surface area (Å²) in [5, 5.41) is 0.854. The highest BCUT2D eigenvalue weighted by Gasteiger charge is 2.31. The van der Waals surface area contributed by atoms with Gasteiger partial charge in [0.1, 0.15) is 0 Å². The fourth-order valence-electron chi connectivity index (χ4n) is 1.42. The molecule has 0 aliphatic rings. The van der Waals surface area contributed by atoms with Gasteiger partial charge in [-0.05, 0) is 18.2 Å². The smallest absolute Gasteiger partial charge is 0.241 e. The number of benzene rings is 1. The van der Waals surface area contributed by atoms with E-state index in [1.807, 2.05) is 20.8 Å². The highest BCUT2D eigenvalue weighted by molar-refractivity contribution is 7.18. The fraction of sp³-hybridized carbons (Fsp3) is 0.417. The summed E-state index contributed by atoms with van der Waals surface area (Å²) in [5.41, 5.74) is -0.121. The van der Waals surface area contributed by atoms with Crippen molar-refractivity contribution in [2.24, 2.45) is 0 Å². The maximum Gasteiger partial charge on any atom is 0.416 e. The van der Waals surface area contributed by atoms with Crippen molar-refractivity contribution in [1.82, 2.24) is 4.98 Å². The van der Waals surface area contributed by atoms with E-state index >= 15 is 0 Å². The standard InChI is InChI=1S/C12H12F3NS/c1-11(2,3)10-16-8-5-4-7(12(13,14)15)6-9(8)17-10/h4-6H,1-3H3. The number of fused-ring (bicyclic) bond motifs is 1. The van der Waals surface area contributed by atoms with Crippen LogP contribution in [0.4, 0.5) is 13.2 Å². The predicted octanol–water partition coefficient (Wildman–Crippen LogP) is 4.61. The predicted molar refractivity (Wildman–Crippen MR) is 63.3 cm³/mol. The van der Waals surface area contributed by atoms with Gasteiger partial charge in [0.25, 0.3) is 0 Å². The van der Waals surface area contributed by atoms with Crippen LogP contribution in [0.15, 0.2) is 18.2 Å². The molecule has 0 aliphatic heterocycles. The third-order valence-corrected chi connectivity index (χ3v) is 3.80. The second kappa shape index (κ2) is 3.70. The summed E-state index contributed by atoms with van der Waals surface area (Å²) in [7, 11) is 0. The molecule has 0 unspecified atom stereocenters. The Kier molecular flexibility index (Phi) is 2.69. The summed E-state index contributed by atoms with van der Waals surface area (Å²) in [6.45, 7) is 5.99. The first-order valence-electron chi connectivity index (χ1n) is 5.16. The van der Waals surface area contributed by atoms with Crippen LogP contribution in [-0.4, -0.2) is 4.98 Å². The van der Waals surface area contributed by atoms with Crippen molar-refractivity contribution >= 4 is 21.6 Å². The molecule has 0 N–H and O–H groups in total. The van der Waals surface area contributed by atoms with Crippen LogP contribution in [0.25, 0.3) is 10.2 Å². The molecule has 1 aromatic carbocycles. The fourth-order valence-corrected chi connectivity index (χ4v) is 2.48. The zero-order valence-electron chi connectivity index (χ0n) is 9.72. The highest BCUT2D eigenvalue weighted by Crippen LogP contribution is 2.35. The van der Waals surface area contributed by atoms with Gasteiger partial charge >= 0.3 is 6.18 Å². The average molecular weight is 259 g/mol. The molecule has 0 fully saturated rings. The second-order valence-electron chi connectivity index (χ2n) is 4.95. The molecular formula is C12H12F3NS. The molecule has 92 valence electrons. The highest BCUT2D eigenvalue weighted by atomic mass is 32.1. The van der Waals surface area contributed by atoms with Crippen LogP contribution in [0.3, 0.4) is 0 Å². The molecule has 0 spiro atoms. The number of alkyl halides is 3. The van der Waals surface area contributed by atoms with Gasteiger partial charge in [-0.2, -0.15) is 13.2 Å². The summed E-state index contributed by atoms with van der Waals surface area (Å²) >= 11 is 1.32. The first-order valence-corrected chi connectivity index (χ1v) is 5.98. The quantitative estimate of drug-likeness (QED) is 0.673. The normalized spacial score (nSPS) is 13.3. The minimum absolute atomic E-state index is 0.137. The molecule has 1 nitrogen and oxygen atoms in total. The molecule has 0 saturated heterocycles. The lowest BCUT2D eigenvalue weighted by atomic mass is 9.98. The van der Waals surface area contributed by atoms with Crippen molar-refractivity contribution in [2.45, 2.75) is 32.4 Å². The number of rotatable bonds is 0. The Balaban J connectivity index is 2.56. The Morgan fingerprint density at radius 3 is 2.29 bits per heavy atom. The number of nitrogens with zero attached hydrogens (tertiary/aromatic N) is 1. The van der Waals surface area contributed by atoms with Gasteiger partial charge in [-0.25, -0.2) is 4.98 Å². The summed E-state index contributed by atoms with van der Waals surface area (Å²) in [4.78, 5) is 4.36. The molecule has 2 aromatic rings. The van der Waals surface area contributed by atoms with E-state index in [-0.39, 0.29) is 5.41 Å². The van der Waals surface area contributed by atoms with Gasteiger partial charge in [-0.3, -0.25) is 0 Å². The lowest BCUT2D eigenvalue weighted by Crippen LogP contribution is -2.09. The molecule has 5 heteroatoms. The van der Waals surface area contributed by atoms with Crippen molar-refractivity contribution in [3.63, 3.8) is 0 Å². The molecule has 17 heavy (non-hydrogen) atoms. The van der Waals surface area contributed by atoms with Gasteiger partial charge in [-0.1, -0.05) is 20.8 Å². The van der Waals surface area contributed by atoms with Gasteiger partial charge in [-0.15, -0.1) is 11.3 Å². The number of thiazole rings is 1. The molecule has 0 amide bonds. The van der Waals surface area contributed by atoms with Gasteiger partial charge in [0.15, 0.2) is 0 Å². The second-order valence-corrected chi connectivity index (χ2v) is 5.98. The van der Waals surface area contributed by atoms with E-state index in [0.29, 0.717) is 10.2 Å². The van der Waals surface area contributed by atoms with Gasteiger partial charge in [0.05, 0.1) is 20.8 Å². The molecule has 0 aliphatic carbocycles. The molecular weight excluding hydrogens is 247 g/mol. The van der Waals surface area contributed by atoms with E-state index in [4.69, 9.17) is 0 Å². The summed E-state index contributed by atoms with van der Waals surface area (Å²) < 4.78 is 38.2. The first-order chi connectivity index (χ1) is 7.68. The van der Waals surface area contributed by atoms with Crippen molar-refractivity contribution in [3.8, 4) is 0 Å². The first kappa shape index (κ1) is 12.4. The number of hydrogen-bond donors (Lipinski definition) is 0. The minimum Gasteiger partial charge on any atom is -0.241 e. The minimum atomic E-state index is -4.29. The Hall–Kier alpha value is -1.10. The Morgan fingerprint density at radius 1 is 1.12 bits per heavy atom. The Bertz CT molecular complexity index is 537. The van der Waals surface area contributed by atoms with Crippen LogP contribution in [-0.2, 0) is 11.6 Å². The van der Waals surface area contributed by atoms with Gasteiger partial charge in [0, 0.05) is 5.41 Å². The van der Waals surface area contributed by atoms with Crippen molar-refractivity contribution in [2.75, 3.05) is 0 Å². The molecule has 2 rings (SSSR count). The molecule has 0 saturated carbocycles. The molecule has 0 atom stereocenters. The zero-order valence-corrected chi connectivity index (χ0v) is 10.5. The number of hydrogen-bond acceptors (Lipinski definition) is 2. The third-order valence-electron chi connectivity index (χ3n) is 2.36.